The van der Waals surface area contributed by atoms with E-state index in [4.69, 9.17) is 0 Å². The number of hydrogen-bond acceptors (Lipinski definition) is 2. The molecule has 1 N–H and O–H groups in total. The average Bonchev–Trinajstić information content (AvgIpc) is 2.35. The van der Waals surface area contributed by atoms with E-state index in [1.807, 2.05) is 11.6 Å². The third-order valence-electron chi connectivity index (χ3n) is 1.14. The molecule has 0 spiro atoms. The molecule has 0 bridgehead atoms. The van der Waals surface area contributed by atoms with Crippen molar-refractivity contribution >= 4 is 37.5 Å². The second-order valence-corrected chi connectivity index (χ2v) is 3.43. The maximum atomic E-state index is 3.88. The summed E-state index contributed by atoms with van der Waals surface area (Å²) in [6.45, 7) is 0. The molecule has 0 saturated carbocycles. The molecule has 0 radical (unpaired) electrons. The number of halogens is 1. The quantitative estimate of drug-likeness (QED) is 0.699. The molecular weight excluding hydrogens is 200 g/mol. The van der Waals surface area contributed by atoms with Gasteiger partial charge in [0.2, 0.25) is 0 Å². The minimum absolute atomic E-state index is 1.12. The minimum Gasteiger partial charge on any atom is -0.268 e. The third-order valence-corrected chi connectivity index (χ3v) is 3.00. The second kappa shape index (κ2) is 1.82. The standard InChI is InChI=1S/C5H3BrN2S/c6-4-2-9-5-3(4)1-7-8-5/h1-2H,(H,7,8). The lowest BCUT2D eigenvalue weighted by Crippen LogP contribution is -1.56. The second-order valence-electron chi connectivity index (χ2n) is 1.70. The number of aromatic nitrogens is 2. The van der Waals surface area contributed by atoms with Crippen molar-refractivity contribution in [2.75, 3.05) is 0 Å². The van der Waals surface area contributed by atoms with Crippen LogP contribution in [0.3, 0.4) is 0 Å². The molecule has 2 heterocycles. The molecule has 4 heteroatoms. The summed E-state index contributed by atoms with van der Waals surface area (Å²) in [5, 5.41) is 9.97. The third kappa shape index (κ3) is 0.702. The molecule has 9 heavy (non-hydrogen) atoms. The first-order valence-electron chi connectivity index (χ1n) is 2.44. The first-order valence-corrected chi connectivity index (χ1v) is 4.11. The fourth-order valence-electron chi connectivity index (χ4n) is 0.708. The van der Waals surface area contributed by atoms with Crippen LogP contribution >= 0.6 is 27.3 Å². The van der Waals surface area contributed by atoms with Crippen molar-refractivity contribution in [1.29, 1.82) is 0 Å². The van der Waals surface area contributed by atoms with Gasteiger partial charge in [-0.2, -0.15) is 5.10 Å². The Hall–Kier alpha value is -0.350. The largest absolute Gasteiger partial charge is 0.268 e. The molecule has 0 aliphatic carbocycles. The summed E-state index contributed by atoms with van der Waals surface area (Å²) in [6.07, 6.45) is 1.82. The van der Waals surface area contributed by atoms with Gasteiger partial charge in [-0.15, -0.1) is 11.3 Å². The smallest absolute Gasteiger partial charge is 0.119 e. The fraction of sp³-hybridized carbons (Fsp3) is 0. The summed E-state index contributed by atoms with van der Waals surface area (Å²) in [5.74, 6) is 0. The average molecular weight is 203 g/mol. The van der Waals surface area contributed by atoms with E-state index in [0.717, 1.165) is 9.30 Å². The lowest BCUT2D eigenvalue weighted by Gasteiger charge is -1.71. The zero-order chi connectivity index (χ0) is 6.27. The highest BCUT2D eigenvalue weighted by Crippen LogP contribution is 2.27. The Kier molecular flexibility index (Phi) is 1.10. The zero-order valence-corrected chi connectivity index (χ0v) is 6.79. The molecule has 0 aliphatic rings. The van der Waals surface area contributed by atoms with Gasteiger partial charge in [0.1, 0.15) is 4.83 Å². The number of nitrogens with zero attached hydrogens (tertiary/aromatic N) is 1. The van der Waals surface area contributed by atoms with E-state index in [1.165, 1.54) is 5.39 Å². The van der Waals surface area contributed by atoms with Gasteiger partial charge in [-0.3, -0.25) is 5.10 Å². The van der Waals surface area contributed by atoms with Gasteiger partial charge >= 0.3 is 0 Å². The summed E-state index contributed by atoms with van der Waals surface area (Å²) in [6, 6.07) is 0. The van der Waals surface area contributed by atoms with Gasteiger partial charge in [0.15, 0.2) is 0 Å². The van der Waals surface area contributed by atoms with Crippen LogP contribution in [0.4, 0.5) is 0 Å². The van der Waals surface area contributed by atoms with E-state index in [9.17, 15) is 0 Å². The number of H-pyrrole nitrogens is 1. The number of nitrogens with one attached hydrogen (secondary N) is 1. The summed E-state index contributed by atoms with van der Waals surface area (Å²) in [4.78, 5) is 1.13. The Bertz CT molecular complexity index is 324. The molecule has 0 unspecified atom stereocenters. The van der Waals surface area contributed by atoms with Crippen LogP contribution in [0.25, 0.3) is 10.2 Å². The van der Waals surface area contributed by atoms with E-state index < -0.39 is 0 Å². The Balaban J connectivity index is 2.99. The maximum absolute atomic E-state index is 3.88. The predicted octanol–water partition coefficient (Wildman–Crippen LogP) is 2.39. The molecular formula is C5H3BrN2S. The van der Waals surface area contributed by atoms with Crippen molar-refractivity contribution in [3.05, 3.63) is 16.0 Å². The predicted molar refractivity (Wildman–Crippen MR) is 41.7 cm³/mol. The number of fused-ring (bicyclic) bond motifs is 1. The molecule has 46 valence electrons. The molecule has 2 aromatic heterocycles. The van der Waals surface area contributed by atoms with Crippen molar-refractivity contribution in [2.24, 2.45) is 0 Å². The van der Waals surface area contributed by atoms with Gasteiger partial charge in [-0.25, -0.2) is 0 Å². The Labute approximate surface area is 64.0 Å². The van der Waals surface area contributed by atoms with E-state index in [2.05, 4.69) is 26.1 Å². The highest BCUT2D eigenvalue weighted by molar-refractivity contribution is 9.10. The monoisotopic (exact) mass is 202 g/mol. The van der Waals surface area contributed by atoms with Gasteiger partial charge in [0.25, 0.3) is 0 Å². The fourth-order valence-corrected chi connectivity index (χ4v) is 2.16. The minimum atomic E-state index is 1.12. The molecule has 0 aromatic carbocycles. The van der Waals surface area contributed by atoms with Crippen LogP contribution in [0.15, 0.2) is 16.0 Å². The van der Waals surface area contributed by atoms with Gasteiger partial charge in [0, 0.05) is 15.2 Å². The van der Waals surface area contributed by atoms with Crippen molar-refractivity contribution in [3.8, 4) is 0 Å². The van der Waals surface area contributed by atoms with Crippen LogP contribution in [0.5, 0.6) is 0 Å². The van der Waals surface area contributed by atoms with Gasteiger partial charge in [-0.1, -0.05) is 0 Å². The lowest BCUT2D eigenvalue weighted by atomic mass is 10.5. The van der Waals surface area contributed by atoms with Crippen LogP contribution in [0.2, 0.25) is 0 Å². The first kappa shape index (κ1) is 5.44. The van der Waals surface area contributed by atoms with E-state index in [-0.39, 0.29) is 0 Å². The van der Waals surface area contributed by atoms with Gasteiger partial charge < -0.3 is 0 Å². The molecule has 0 fully saturated rings. The SMILES string of the molecule is Brc1csc2[nH]ncc12. The van der Waals surface area contributed by atoms with Crippen molar-refractivity contribution in [3.63, 3.8) is 0 Å². The van der Waals surface area contributed by atoms with Gasteiger partial charge in [-0.05, 0) is 15.9 Å². The number of rotatable bonds is 0. The maximum Gasteiger partial charge on any atom is 0.119 e. The Morgan fingerprint density at radius 3 is 3.33 bits per heavy atom. The normalized spacial score (nSPS) is 10.8. The Morgan fingerprint density at radius 2 is 2.56 bits per heavy atom. The van der Waals surface area contributed by atoms with Crippen LogP contribution in [-0.2, 0) is 0 Å². The topological polar surface area (TPSA) is 28.7 Å². The summed E-state index contributed by atoms with van der Waals surface area (Å²) in [7, 11) is 0. The summed E-state index contributed by atoms with van der Waals surface area (Å²) >= 11 is 5.05. The molecule has 2 nitrogen and oxygen atoms in total. The van der Waals surface area contributed by atoms with E-state index in [0.29, 0.717) is 0 Å². The number of aromatic amines is 1. The number of hydrogen-bond donors (Lipinski definition) is 1. The summed E-state index contributed by atoms with van der Waals surface area (Å²) < 4.78 is 1.12. The van der Waals surface area contributed by atoms with Crippen LogP contribution in [0.1, 0.15) is 0 Å². The molecule has 2 aromatic rings. The molecule has 0 aliphatic heterocycles. The van der Waals surface area contributed by atoms with Crippen molar-refractivity contribution < 1.29 is 0 Å². The summed E-state index contributed by atoms with van der Waals surface area (Å²) in [5.41, 5.74) is 0. The molecule has 0 atom stereocenters. The van der Waals surface area contributed by atoms with Crippen LogP contribution in [-0.4, -0.2) is 10.2 Å². The van der Waals surface area contributed by atoms with E-state index in [1.54, 1.807) is 11.3 Å². The highest BCUT2D eigenvalue weighted by atomic mass is 79.9. The zero-order valence-electron chi connectivity index (χ0n) is 4.39. The first-order chi connectivity index (χ1) is 4.38. The molecule has 0 saturated heterocycles. The van der Waals surface area contributed by atoms with Crippen molar-refractivity contribution in [2.45, 2.75) is 0 Å². The van der Waals surface area contributed by atoms with Crippen LogP contribution < -0.4 is 0 Å². The van der Waals surface area contributed by atoms with Crippen LogP contribution in [0, 0.1) is 0 Å². The highest BCUT2D eigenvalue weighted by Gasteiger charge is 2.00. The number of thiophene rings is 1. The van der Waals surface area contributed by atoms with E-state index >= 15 is 0 Å². The van der Waals surface area contributed by atoms with Crippen molar-refractivity contribution in [1.82, 2.24) is 10.2 Å². The molecule has 0 amide bonds. The van der Waals surface area contributed by atoms with Gasteiger partial charge in [0.05, 0.1) is 6.20 Å². The Morgan fingerprint density at radius 1 is 1.67 bits per heavy atom. The molecule has 2 rings (SSSR count). The lowest BCUT2D eigenvalue weighted by molar-refractivity contribution is 1.12.